The highest BCUT2D eigenvalue weighted by Gasteiger charge is 2.21. The van der Waals surface area contributed by atoms with Gasteiger partial charge in [0.05, 0.1) is 11.0 Å². The highest BCUT2D eigenvalue weighted by atomic mass is 32.1. The van der Waals surface area contributed by atoms with Crippen LogP contribution in [0.5, 0.6) is 5.75 Å². The van der Waals surface area contributed by atoms with Crippen molar-refractivity contribution in [1.29, 1.82) is 0 Å². The number of hydrogen-bond donors (Lipinski definition) is 1. The van der Waals surface area contributed by atoms with Crippen LogP contribution in [0.1, 0.15) is 46.3 Å². The molecule has 1 N–H and O–H groups in total. The van der Waals surface area contributed by atoms with Crippen LogP contribution in [-0.2, 0) is 4.74 Å². The number of piperidine rings is 1. The molecule has 0 bridgehead atoms. The fourth-order valence-electron chi connectivity index (χ4n) is 3.55. The molecule has 1 aromatic carbocycles. The van der Waals surface area contributed by atoms with E-state index < -0.39 is 0 Å². The van der Waals surface area contributed by atoms with Gasteiger partial charge in [0, 0.05) is 30.3 Å². The Kier molecular flexibility index (Phi) is 5.76. The van der Waals surface area contributed by atoms with Gasteiger partial charge < -0.3 is 19.7 Å². The lowest BCUT2D eigenvalue weighted by atomic mass is 10.1. The Bertz CT molecular complexity index is 760. The van der Waals surface area contributed by atoms with Crippen molar-refractivity contribution >= 4 is 22.9 Å². The van der Waals surface area contributed by atoms with Crippen molar-refractivity contribution in [2.75, 3.05) is 32.1 Å². The van der Waals surface area contributed by atoms with Crippen LogP contribution in [0.25, 0.3) is 0 Å². The first-order valence-corrected chi connectivity index (χ1v) is 10.5. The Labute approximate surface area is 164 Å². The Hall–Kier alpha value is -1.89. The van der Waals surface area contributed by atoms with E-state index in [1.165, 1.54) is 11.3 Å². The first-order valence-electron chi connectivity index (χ1n) is 9.65. The number of amides is 1. The second-order valence-electron chi connectivity index (χ2n) is 7.30. The molecule has 2 saturated heterocycles. The van der Waals surface area contributed by atoms with Gasteiger partial charge in [-0.25, -0.2) is 0 Å². The Balaban J connectivity index is 1.32. The molecule has 144 valence electrons. The van der Waals surface area contributed by atoms with Gasteiger partial charge in [0.15, 0.2) is 0 Å². The second kappa shape index (κ2) is 8.42. The summed E-state index contributed by atoms with van der Waals surface area (Å²) in [4.78, 5) is 16.7. The standard InChI is InChI=1S/C21H26N2O3S/c1-23-12-10-17(11-13-23)26-16-6-4-15(5-7-16)22-21(24)20-9-8-19(27-20)18-3-2-14-25-18/h4-9,17-18H,2-3,10-14H2,1H3,(H,22,24). The molecular formula is C21H26N2O3S. The van der Waals surface area contributed by atoms with E-state index in [4.69, 9.17) is 9.47 Å². The summed E-state index contributed by atoms with van der Waals surface area (Å²) in [5.74, 6) is 0.785. The molecule has 2 aliphatic rings. The number of nitrogens with zero attached hydrogens (tertiary/aromatic N) is 1. The minimum Gasteiger partial charge on any atom is -0.490 e. The SMILES string of the molecule is CN1CCC(Oc2ccc(NC(=O)c3ccc(C4CCCO4)s3)cc2)CC1. The molecule has 0 spiro atoms. The number of likely N-dealkylation sites (tertiary alicyclic amines) is 1. The molecule has 2 aromatic rings. The van der Waals surface area contributed by atoms with Crippen LogP contribution in [0, 0.1) is 0 Å². The number of ether oxygens (including phenoxy) is 2. The summed E-state index contributed by atoms with van der Waals surface area (Å²) in [6, 6.07) is 11.6. The fourth-order valence-corrected chi connectivity index (χ4v) is 4.54. The average molecular weight is 387 g/mol. The number of carbonyl (C=O) groups excluding carboxylic acids is 1. The predicted molar refractivity (Wildman–Crippen MR) is 108 cm³/mol. The molecule has 5 nitrogen and oxygen atoms in total. The molecule has 3 heterocycles. The molecule has 1 atom stereocenters. The normalized spacial score (nSPS) is 21.3. The highest BCUT2D eigenvalue weighted by Crippen LogP contribution is 2.33. The maximum absolute atomic E-state index is 12.5. The molecule has 6 heteroatoms. The molecular weight excluding hydrogens is 360 g/mol. The van der Waals surface area contributed by atoms with Crippen molar-refractivity contribution in [2.24, 2.45) is 0 Å². The van der Waals surface area contributed by atoms with Crippen molar-refractivity contribution in [3.05, 3.63) is 46.2 Å². The molecule has 0 aliphatic carbocycles. The fraction of sp³-hybridized carbons (Fsp3) is 0.476. The molecule has 0 saturated carbocycles. The quantitative estimate of drug-likeness (QED) is 0.831. The zero-order valence-corrected chi connectivity index (χ0v) is 16.5. The van der Waals surface area contributed by atoms with Gasteiger partial charge >= 0.3 is 0 Å². The van der Waals surface area contributed by atoms with Gasteiger partial charge in [-0.05, 0) is 69.1 Å². The third-order valence-corrected chi connectivity index (χ3v) is 6.35. The Morgan fingerprint density at radius 1 is 1.15 bits per heavy atom. The van der Waals surface area contributed by atoms with Crippen LogP contribution >= 0.6 is 11.3 Å². The van der Waals surface area contributed by atoms with Gasteiger partial charge in [-0.15, -0.1) is 11.3 Å². The first-order chi connectivity index (χ1) is 13.2. The summed E-state index contributed by atoms with van der Waals surface area (Å²) < 4.78 is 11.8. The van der Waals surface area contributed by atoms with E-state index in [-0.39, 0.29) is 18.1 Å². The summed E-state index contributed by atoms with van der Waals surface area (Å²) in [6.07, 6.45) is 4.69. The summed E-state index contributed by atoms with van der Waals surface area (Å²) in [5.41, 5.74) is 0.780. The summed E-state index contributed by atoms with van der Waals surface area (Å²) in [7, 11) is 2.14. The largest absolute Gasteiger partial charge is 0.490 e. The molecule has 2 fully saturated rings. The van der Waals surface area contributed by atoms with E-state index in [2.05, 4.69) is 17.3 Å². The molecule has 27 heavy (non-hydrogen) atoms. The van der Waals surface area contributed by atoms with Gasteiger partial charge in [0.2, 0.25) is 0 Å². The van der Waals surface area contributed by atoms with Crippen molar-refractivity contribution in [3.63, 3.8) is 0 Å². The highest BCUT2D eigenvalue weighted by molar-refractivity contribution is 7.14. The number of nitrogens with one attached hydrogen (secondary N) is 1. The van der Waals surface area contributed by atoms with Crippen LogP contribution in [-0.4, -0.2) is 43.7 Å². The van der Waals surface area contributed by atoms with E-state index in [9.17, 15) is 4.79 Å². The molecule has 1 amide bonds. The number of anilines is 1. The number of carbonyl (C=O) groups is 1. The summed E-state index contributed by atoms with van der Waals surface area (Å²) in [6.45, 7) is 2.97. The monoisotopic (exact) mass is 386 g/mol. The van der Waals surface area contributed by atoms with Crippen LogP contribution in [0.2, 0.25) is 0 Å². The zero-order chi connectivity index (χ0) is 18.6. The lowest BCUT2D eigenvalue weighted by molar-refractivity contribution is 0.103. The third-order valence-electron chi connectivity index (χ3n) is 5.18. The molecule has 1 aromatic heterocycles. The van der Waals surface area contributed by atoms with Crippen LogP contribution in [0.15, 0.2) is 36.4 Å². The van der Waals surface area contributed by atoms with Gasteiger partial charge in [0.1, 0.15) is 11.9 Å². The summed E-state index contributed by atoms with van der Waals surface area (Å²) in [5, 5.41) is 2.97. The third kappa shape index (κ3) is 4.69. The molecule has 1 unspecified atom stereocenters. The lowest BCUT2D eigenvalue weighted by Gasteiger charge is -2.29. The smallest absolute Gasteiger partial charge is 0.265 e. The lowest BCUT2D eigenvalue weighted by Crippen LogP contribution is -2.35. The second-order valence-corrected chi connectivity index (χ2v) is 8.42. The predicted octanol–water partition coefficient (Wildman–Crippen LogP) is 4.32. The van der Waals surface area contributed by atoms with Gasteiger partial charge in [-0.3, -0.25) is 4.79 Å². The molecule has 4 rings (SSSR count). The van der Waals surface area contributed by atoms with E-state index in [1.807, 2.05) is 36.4 Å². The number of thiophene rings is 1. The van der Waals surface area contributed by atoms with Crippen LogP contribution in [0.3, 0.4) is 0 Å². The van der Waals surface area contributed by atoms with Crippen LogP contribution in [0.4, 0.5) is 5.69 Å². The van der Waals surface area contributed by atoms with Gasteiger partial charge in [-0.2, -0.15) is 0 Å². The minimum absolute atomic E-state index is 0.0757. The summed E-state index contributed by atoms with van der Waals surface area (Å²) >= 11 is 1.52. The van der Waals surface area contributed by atoms with Crippen molar-refractivity contribution in [2.45, 2.75) is 37.9 Å². The van der Waals surface area contributed by atoms with E-state index >= 15 is 0 Å². The van der Waals surface area contributed by atoms with Gasteiger partial charge in [0.25, 0.3) is 5.91 Å². The van der Waals surface area contributed by atoms with E-state index in [0.29, 0.717) is 4.88 Å². The number of rotatable bonds is 5. The molecule has 0 radical (unpaired) electrons. The van der Waals surface area contributed by atoms with Crippen molar-refractivity contribution in [3.8, 4) is 5.75 Å². The van der Waals surface area contributed by atoms with Gasteiger partial charge in [-0.1, -0.05) is 0 Å². The van der Waals surface area contributed by atoms with E-state index in [0.717, 1.165) is 61.7 Å². The van der Waals surface area contributed by atoms with E-state index in [1.54, 1.807) is 0 Å². The maximum atomic E-state index is 12.5. The Morgan fingerprint density at radius 2 is 1.93 bits per heavy atom. The van der Waals surface area contributed by atoms with Crippen LogP contribution < -0.4 is 10.1 Å². The number of hydrogen-bond acceptors (Lipinski definition) is 5. The Morgan fingerprint density at radius 3 is 2.63 bits per heavy atom. The average Bonchev–Trinajstić information content (AvgIpc) is 3.36. The minimum atomic E-state index is -0.0757. The van der Waals surface area contributed by atoms with Crippen molar-refractivity contribution < 1.29 is 14.3 Å². The first kappa shape index (κ1) is 18.5. The van der Waals surface area contributed by atoms with Crippen molar-refractivity contribution in [1.82, 2.24) is 4.90 Å². The maximum Gasteiger partial charge on any atom is 0.265 e. The topological polar surface area (TPSA) is 50.8 Å². The number of benzene rings is 1. The molecule has 2 aliphatic heterocycles. The zero-order valence-electron chi connectivity index (χ0n) is 15.6.